The van der Waals surface area contributed by atoms with Gasteiger partial charge in [0, 0.05) is 11.3 Å². The molecule has 1 unspecified atom stereocenters. The molecule has 0 aromatic rings. The van der Waals surface area contributed by atoms with Crippen LogP contribution in [0.5, 0.6) is 0 Å². The van der Waals surface area contributed by atoms with Gasteiger partial charge in [0.15, 0.2) is 0 Å². The molecule has 62 valence electrons. The van der Waals surface area contributed by atoms with Crippen LogP contribution in [0.2, 0.25) is 0 Å². The van der Waals surface area contributed by atoms with Crippen LogP contribution >= 0.6 is 23.2 Å². The van der Waals surface area contributed by atoms with Crippen molar-refractivity contribution >= 4 is 23.2 Å². The predicted molar refractivity (Wildman–Crippen MR) is 49.1 cm³/mol. The van der Waals surface area contributed by atoms with Crippen molar-refractivity contribution < 1.29 is 0 Å². The van der Waals surface area contributed by atoms with Gasteiger partial charge in [-0.1, -0.05) is 20.8 Å². The van der Waals surface area contributed by atoms with Crippen molar-refractivity contribution in [2.24, 2.45) is 5.41 Å². The summed E-state index contributed by atoms with van der Waals surface area (Å²) in [5, 5.41) is 0.154. The Morgan fingerprint density at radius 1 is 1.30 bits per heavy atom. The highest BCUT2D eigenvalue weighted by atomic mass is 35.5. The molecule has 0 rings (SSSR count). The number of halogens is 2. The molecule has 1 atom stereocenters. The maximum Gasteiger partial charge on any atom is 0.0471 e. The zero-order chi connectivity index (χ0) is 8.20. The lowest BCUT2D eigenvalue weighted by Gasteiger charge is -2.18. The Bertz CT molecular complexity index is 83.7. The van der Waals surface area contributed by atoms with Crippen LogP contribution in [0.3, 0.4) is 0 Å². The molecule has 0 radical (unpaired) electrons. The summed E-state index contributed by atoms with van der Waals surface area (Å²) >= 11 is 11.4. The lowest BCUT2D eigenvalue weighted by molar-refractivity contribution is 0.365. The Balaban J connectivity index is 3.36. The summed E-state index contributed by atoms with van der Waals surface area (Å²) in [5.41, 5.74) is 0.388. The van der Waals surface area contributed by atoms with Gasteiger partial charge in [-0.05, 0) is 18.3 Å². The molecule has 0 heterocycles. The van der Waals surface area contributed by atoms with Crippen LogP contribution in [0.25, 0.3) is 0 Å². The first-order valence-electron chi connectivity index (χ1n) is 3.66. The van der Waals surface area contributed by atoms with Gasteiger partial charge in [-0.25, -0.2) is 0 Å². The minimum atomic E-state index is 0.154. The molecule has 0 N–H and O–H groups in total. The first-order valence-corrected chi connectivity index (χ1v) is 4.63. The highest BCUT2D eigenvalue weighted by molar-refractivity contribution is 6.28. The molecule has 10 heavy (non-hydrogen) atoms. The van der Waals surface area contributed by atoms with E-state index in [1.54, 1.807) is 0 Å². The number of alkyl halides is 2. The van der Waals surface area contributed by atoms with E-state index in [1.165, 1.54) is 0 Å². The number of hydrogen-bond acceptors (Lipinski definition) is 0. The Labute approximate surface area is 73.9 Å². The molecule has 0 bridgehead atoms. The van der Waals surface area contributed by atoms with Gasteiger partial charge in [0.2, 0.25) is 0 Å². The summed E-state index contributed by atoms with van der Waals surface area (Å²) in [4.78, 5) is 0. The Morgan fingerprint density at radius 2 is 1.80 bits per heavy atom. The van der Waals surface area contributed by atoms with Crippen molar-refractivity contribution in [3.63, 3.8) is 0 Å². The van der Waals surface area contributed by atoms with E-state index in [4.69, 9.17) is 23.2 Å². The Kier molecular flexibility index (Phi) is 4.71. The largest absolute Gasteiger partial charge is 0.125 e. The fourth-order valence-electron chi connectivity index (χ4n) is 0.667. The molecular weight excluding hydrogens is 167 g/mol. The van der Waals surface area contributed by atoms with E-state index >= 15 is 0 Å². The summed E-state index contributed by atoms with van der Waals surface area (Å²) in [6.07, 6.45) is 2.17. The van der Waals surface area contributed by atoms with E-state index in [0.717, 1.165) is 12.8 Å². The molecule has 0 saturated heterocycles. The zero-order valence-electron chi connectivity index (χ0n) is 6.95. The molecule has 0 aromatic heterocycles. The fourth-order valence-corrected chi connectivity index (χ4v) is 0.930. The van der Waals surface area contributed by atoms with Crippen molar-refractivity contribution in [1.29, 1.82) is 0 Å². The minimum Gasteiger partial charge on any atom is -0.125 e. The molecule has 0 nitrogen and oxygen atoms in total. The van der Waals surface area contributed by atoms with Gasteiger partial charge in [0.1, 0.15) is 0 Å². The molecule has 0 aliphatic rings. The first kappa shape index (κ1) is 10.6. The van der Waals surface area contributed by atoms with Crippen LogP contribution in [-0.2, 0) is 0 Å². The lowest BCUT2D eigenvalue weighted by Crippen LogP contribution is -2.09. The third-order valence-electron chi connectivity index (χ3n) is 1.38. The van der Waals surface area contributed by atoms with E-state index in [9.17, 15) is 0 Å². The molecule has 0 amide bonds. The van der Waals surface area contributed by atoms with Gasteiger partial charge in [-0.15, -0.1) is 23.2 Å². The third kappa shape index (κ3) is 6.70. The molecule has 0 aromatic carbocycles. The van der Waals surface area contributed by atoms with Gasteiger partial charge in [-0.2, -0.15) is 0 Å². The first-order chi connectivity index (χ1) is 4.45. The van der Waals surface area contributed by atoms with E-state index in [-0.39, 0.29) is 5.38 Å². The highest BCUT2D eigenvalue weighted by Gasteiger charge is 2.12. The second kappa shape index (κ2) is 4.46. The molecule has 0 spiro atoms. The fraction of sp³-hybridized carbons (Fsp3) is 1.00. The summed E-state index contributed by atoms with van der Waals surface area (Å²) in [5.74, 6) is 0.567. The molecule has 0 fully saturated rings. The normalized spacial score (nSPS) is 15.3. The van der Waals surface area contributed by atoms with Gasteiger partial charge < -0.3 is 0 Å². The van der Waals surface area contributed by atoms with Gasteiger partial charge in [0.25, 0.3) is 0 Å². The van der Waals surface area contributed by atoms with Crippen molar-refractivity contribution in [2.75, 3.05) is 5.88 Å². The van der Waals surface area contributed by atoms with Crippen LogP contribution in [0.1, 0.15) is 33.6 Å². The van der Waals surface area contributed by atoms with Crippen molar-refractivity contribution in [2.45, 2.75) is 39.0 Å². The predicted octanol–water partition coefficient (Wildman–Crippen LogP) is 3.66. The average Bonchev–Trinajstić information content (AvgIpc) is 1.81. The zero-order valence-corrected chi connectivity index (χ0v) is 8.47. The summed E-state index contributed by atoms with van der Waals surface area (Å²) in [6.45, 7) is 6.64. The molecular formula is C8H16Cl2. The summed E-state index contributed by atoms with van der Waals surface area (Å²) in [7, 11) is 0. The highest BCUT2D eigenvalue weighted by Crippen LogP contribution is 2.23. The summed E-state index contributed by atoms with van der Waals surface area (Å²) < 4.78 is 0. The molecule has 0 aliphatic carbocycles. The topological polar surface area (TPSA) is 0 Å². The van der Waals surface area contributed by atoms with Gasteiger partial charge >= 0.3 is 0 Å². The van der Waals surface area contributed by atoms with Crippen molar-refractivity contribution in [3.8, 4) is 0 Å². The maximum atomic E-state index is 5.84. The van der Waals surface area contributed by atoms with E-state index in [0.29, 0.717) is 11.3 Å². The maximum absolute atomic E-state index is 5.84. The Hall–Kier alpha value is 0.580. The van der Waals surface area contributed by atoms with Crippen LogP contribution < -0.4 is 0 Å². The molecule has 0 aliphatic heterocycles. The monoisotopic (exact) mass is 182 g/mol. The standard InChI is InChI=1S/C8H16Cl2/c1-8(2,3)5-4-7(10)6-9/h7H,4-6H2,1-3H3. The third-order valence-corrected chi connectivity index (χ3v) is 2.28. The average molecular weight is 183 g/mol. The second-order valence-corrected chi connectivity index (χ2v) is 4.78. The van der Waals surface area contributed by atoms with E-state index in [2.05, 4.69) is 20.8 Å². The smallest absolute Gasteiger partial charge is 0.0471 e. The van der Waals surface area contributed by atoms with Crippen LogP contribution in [0, 0.1) is 5.41 Å². The Morgan fingerprint density at radius 3 is 2.10 bits per heavy atom. The van der Waals surface area contributed by atoms with Crippen LogP contribution in [0.15, 0.2) is 0 Å². The van der Waals surface area contributed by atoms with Crippen LogP contribution in [-0.4, -0.2) is 11.3 Å². The van der Waals surface area contributed by atoms with Crippen molar-refractivity contribution in [3.05, 3.63) is 0 Å². The number of rotatable bonds is 3. The molecule has 0 saturated carbocycles. The quantitative estimate of drug-likeness (QED) is 0.585. The van der Waals surface area contributed by atoms with Crippen molar-refractivity contribution in [1.82, 2.24) is 0 Å². The van der Waals surface area contributed by atoms with Crippen LogP contribution in [0.4, 0.5) is 0 Å². The molecule has 2 heteroatoms. The number of hydrogen-bond donors (Lipinski definition) is 0. The van der Waals surface area contributed by atoms with E-state index < -0.39 is 0 Å². The van der Waals surface area contributed by atoms with Gasteiger partial charge in [-0.3, -0.25) is 0 Å². The van der Waals surface area contributed by atoms with E-state index in [1.807, 2.05) is 0 Å². The second-order valence-electron chi connectivity index (χ2n) is 3.85. The summed E-state index contributed by atoms with van der Waals surface area (Å²) in [6, 6.07) is 0. The minimum absolute atomic E-state index is 0.154. The lowest BCUT2D eigenvalue weighted by atomic mass is 9.90. The SMILES string of the molecule is CC(C)(C)CCC(Cl)CCl. The van der Waals surface area contributed by atoms with Gasteiger partial charge in [0.05, 0.1) is 0 Å².